The molecule has 0 bridgehead atoms. The molecule has 6 aromatic heterocycles. The molecule has 36 heavy (non-hydrogen) atoms. The zero-order valence-corrected chi connectivity index (χ0v) is 20.1. The molecule has 0 atom stereocenters. The maximum Gasteiger partial charge on any atom is 0.161 e. The molecule has 0 saturated heterocycles. The van der Waals surface area contributed by atoms with Crippen LogP contribution in [-0.4, -0.2) is 76.8 Å². The number of hydrogen-bond donors (Lipinski definition) is 2. The van der Waals surface area contributed by atoms with E-state index in [-0.39, 0.29) is 0 Å². The molecular formula is C25H24N10O. The van der Waals surface area contributed by atoms with E-state index in [4.69, 9.17) is 14.7 Å². The topological polar surface area (TPSA) is 126 Å². The maximum atomic E-state index is 5.85. The number of imidazole rings is 2. The van der Waals surface area contributed by atoms with Gasteiger partial charge in [0, 0.05) is 24.5 Å². The Morgan fingerprint density at radius 3 is 2.72 bits per heavy atom. The number of hydrogen-bond acceptors (Lipinski definition) is 8. The van der Waals surface area contributed by atoms with Gasteiger partial charge in [0.1, 0.15) is 23.4 Å². The number of likely N-dealkylation sites (N-methyl/N-ethyl adjacent to an activating group) is 1. The zero-order chi connectivity index (χ0) is 24.6. The lowest BCUT2D eigenvalue weighted by Crippen LogP contribution is -2.19. The van der Waals surface area contributed by atoms with Crippen LogP contribution in [0.15, 0.2) is 55.5 Å². The lowest BCUT2D eigenvalue weighted by Gasteiger charge is -2.11. The number of fused-ring (bicyclic) bond motifs is 2. The number of rotatable bonds is 7. The van der Waals surface area contributed by atoms with E-state index in [1.807, 2.05) is 50.0 Å². The van der Waals surface area contributed by atoms with Crippen molar-refractivity contribution < 1.29 is 4.74 Å². The number of nitrogens with one attached hydrogen (secondary N) is 2. The summed E-state index contributed by atoms with van der Waals surface area (Å²) in [6.07, 6.45) is 10.7. The van der Waals surface area contributed by atoms with Crippen LogP contribution in [0.2, 0.25) is 0 Å². The van der Waals surface area contributed by atoms with Crippen molar-refractivity contribution in [2.75, 3.05) is 27.2 Å². The molecule has 0 radical (unpaired) electrons. The molecule has 0 aromatic carbocycles. The number of pyridine rings is 3. The minimum atomic E-state index is 0.581. The van der Waals surface area contributed by atoms with Crippen molar-refractivity contribution in [2.24, 2.45) is 0 Å². The van der Waals surface area contributed by atoms with Crippen LogP contribution < -0.4 is 4.74 Å². The Balaban J connectivity index is 1.37. The lowest BCUT2D eigenvalue weighted by atomic mass is 10.1. The third-order valence-corrected chi connectivity index (χ3v) is 5.81. The Labute approximate surface area is 206 Å². The molecule has 0 aliphatic rings. The van der Waals surface area contributed by atoms with E-state index in [2.05, 4.69) is 35.0 Å². The molecule has 0 fully saturated rings. The summed E-state index contributed by atoms with van der Waals surface area (Å²) in [5.74, 6) is 1.31. The van der Waals surface area contributed by atoms with Crippen LogP contribution in [0.4, 0.5) is 0 Å². The van der Waals surface area contributed by atoms with E-state index >= 15 is 0 Å². The second-order valence-corrected chi connectivity index (χ2v) is 8.79. The predicted molar refractivity (Wildman–Crippen MR) is 136 cm³/mol. The van der Waals surface area contributed by atoms with Crippen molar-refractivity contribution in [3.63, 3.8) is 0 Å². The minimum absolute atomic E-state index is 0.581. The number of nitrogens with zero attached hydrogens (tertiary/aromatic N) is 8. The number of H-pyrrole nitrogens is 2. The fourth-order valence-electron chi connectivity index (χ4n) is 3.98. The van der Waals surface area contributed by atoms with Crippen LogP contribution >= 0.6 is 0 Å². The third-order valence-electron chi connectivity index (χ3n) is 5.81. The Kier molecular flexibility index (Phi) is 5.38. The molecule has 2 N–H and O–H groups in total. The van der Waals surface area contributed by atoms with Gasteiger partial charge in [0.25, 0.3) is 0 Å². The molecule has 0 spiro atoms. The molecule has 6 heterocycles. The molecule has 0 saturated carbocycles. The first-order valence-corrected chi connectivity index (χ1v) is 11.5. The minimum Gasteiger partial charge on any atom is -0.491 e. The van der Waals surface area contributed by atoms with E-state index in [9.17, 15) is 0 Å². The average Bonchev–Trinajstić information content (AvgIpc) is 3.61. The molecule has 0 aliphatic heterocycles. The SMILES string of the molecule is Cc1cn(-c2cncc3[nH]c(-c4n[nH]c5ccc(-c6cncc(OCCN(C)C)c6)nc45)nc23)cn1. The number of aromatic amines is 2. The van der Waals surface area contributed by atoms with E-state index in [0.29, 0.717) is 29.4 Å². The van der Waals surface area contributed by atoms with Crippen LogP contribution in [0.3, 0.4) is 0 Å². The van der Waals surface area contributed by atoms with Crippen molar-refractivity contribution in [3.8, 4) is 34.2 Å². The highest BCUT2D eigenvalue weighted by molar-refractivity contribution is 5.92. The van der Waals surface area contributed by atoms with Crippen LogP contribution in [-0.2, 0) is 0 Å². The molecule has 0 aliphatic carbocycles. The largest absolute Gasteiger partial charge is 0.491 e. The Morgan fingerprint density at radius 1 is 1.00 bits per heavy atom. The van der Waals surface area contributed by atoms with E-state index in [0.717, 1.165) is 45.7 Å². The summed E-state index contributed by atoms with van der Waals surface area (Å²) in [6, 6.07) is 5.84. The fourth-order valence-corrected chi connectivity index (χ4v) is 3.98. The standard InChI is InChI=1S/C25H24N10O/c1-15-13-35(14-28-15)21-12-27-11-20-22(21)31-25(30-20)24-23-19(32-33-24)5-4-18(29-23)16-8-17(10-26-9-16)36-7-6-34(2)3/h4-5,8-14H,6-7H2,1-3H3,(H,30,31)(H,32,33). The monoisotopic (exact) mass is 480 g/mol. The molecule has 6 aromatic rings. The first kappa shape index (κ1) is 21.9. The second-order valence-electron chi connectivity index (χ2n) is 8.79. The summed E-state index contributed by atoms with van der Waals surface area (Å²) >= 11 is 0. The summed E-state index contributed by atoms with van der Waals surface area (Å²) in [6.45, 7) is 3.35. The van der Waals surface area contributed by atoms with Gasteiger partial charge >= 0.3 is 0 Å². The Morgan fingerprint density at radius 2 is 1.89 bits per heavy atom. The van der Waals surface area contributed by atoms with Crippen LogP contribution in [0.1, 0.15) is 5.69 Å². The molecular weight excluding hydrogens is 456 g/mol. The first-order chi connectivity index (χ1) is 17.5. The van der Waals surface area contributed by atoms with Crippen molar-refractivity contribution in [1.29, 1.82) is 0 Å². The highest BCUT2D eigenvalue weighted by Gasteiger charge is 2.17. The number of ether oxygens (including phenoxy) is 1. The Hall–Kier alpha value is -4.64. The smallest absolute Gasteiger partial charge is 0.161 e. The van der Waals surface area contributed by atoms with Gasteiger partial charge in [-0.15, -0.1) is 0 Å². The predicted octanol–water partition coefficient (Wildman–Crippen LogP) is 3.39. The van der Waals surface area contributed by atoms with Gasteiger partial charge in [0.05, 0.1) is 53.0 Å². The van der Waals surface area contributed by atoms with Gasteiger partial charge < -0.3 is 19.2 Å². The third kappa shape index (κ3) is 4.05. The molecule has 6 rings (SSSR count). The lowest BCUT2D eigenvalue weighted by molar-refractivity contribution is 0.261. The number of aryl methyl sites for hydroxylation is 1. The van der Waals surface area contributed by atoms with Crippen molar-refractivity contribution >= 4 is 22.1 Å². The van der Waals surface area contributed by atoms with Crippen molar-refractivity contribution in [2.45, 2.75) is 6.92 Å². The van der Waals surface area contributed by atoms with Crippen LogP contribution in [0, 0.1) is 6.92 Å². The van der Waals surface area contributed by atoms with E-state index in [1.165, 1.54) is 0 Å². The summed E-state index contributed by atoms with van der Waals surface area (Å²) < 4.78 is 7.76. The van der Waals surface area contributed by atoms with Gasteiger partial charge in [-0.1, -0.05) is 0 Å². The second kappa shape index (κ2) is 8.86. The van der Waals surface area contributed by atoms with Gasteiger partial charge in [-0.2, -0.15) is 5.10 Å². The summed E-state index contributed by atoms with van der Waals surface area (Å²) in [5, 5.41) is 7.57. The van der Waals surface area contributed by atoms with Crippen molar-refractivity contribution in [3.05, 3.63) is 61.2 Å². The molecule has 11 heteroatoms. The Bertz CT molecular complexity index is 1680. The maximum absolute atomic E-state index is 5.85. The first-order valence-electron chi connectivity index (χ1n) is 11.5. The van der Waals surface area contributed by atoms with Crippen LogP contribution in [0.5, 0.6) is 5.75 Å². The highest BCUT2D eigenvalue weighted by atomic mass is 16.5. The fraction of sp³-hybridized carbons (Fsp3) is 0.200. The molecule has 0 amide bonds. The average molecular weight is 481 g/mol. The van der Waals surface area contributed by atoms with E-state index in [1.54, 1.807) is 31.1 Å². The summed E-state index contributed by atoms with van der Waals surface area (Å²) in [7, 11) is 4.02. The molecule has 0 unspecified atom stereocenters. The molecule has 11 nitrogen and oxygen atoms in total. The van der Waals surface area contributed by atoms with Gasteiger partial charge in [-0.25, -0.2) is 15.0 Å². The summed E-state index contributed by atoms with van der Waals surface area (Å²) in [4.78, 5) is 28.2. The van der Waals surface area contributed by atoms with Gasteiger partial charge in [0.2, 0.25) is 0 Å². The summed E-state index contributed by atoms with van der Waals surface area (Å²) in [5.41, 5.74) is 7.09. The normalized spacial score (nSPS) is 11.7. The van der Waals surface area contributed by atoms with E-state index < -0.39 is 0 Å². The molecule has 180 valence electrons. The zero-order valence-electron chi connectivity index (χ0n) is 20.1. The quantitative estimate of drug-likeness (QED) is 0.356. The highest BCUT2D eigenvalue weighted by Crippen LogP contribution is 2.29. The van der Waals surface area contributed by atoms with Crippen molar-refractivity contribution in [1.82, 2.24) is 49.6 Å². The van der Waals surface area contributed by atoms with Crippen LogP contribution in [0.25, 0.3) is 50.5 Å². The van der Waals surface area contributed by atoms with Gasteiger partial charge in [-0.05, 0) is 39.2 Å². The van der Waals surface area contributed by atoms with Gasteiger partial charge in [0.15, 0.2) is 11.5 Å². The number of aromatic nitrogens is 9. The van der Waals surface area contributed by atoms with Gasteiger partial charge in [-0.3, -0.25) is 15.1 Å².